The number of hydrogen-bond acceptors (Lipinski definition) is 3. The highest BCUT2D eigenvalue weighted by Crippen LogP contribution is 2.17. The number of rotatable bonds is 2. The second-order valence-electron chi connectivity index (χ2n) is 4.59. The summed E-state index contributed by atoms with van der Waals surface area (Å²) in [6.45, 7) is 0. The first-order valence-corrected chi connectivity index (χ1v) is 7.70. The minimum absolute atomic E-state index is 0.115. The molecule has 0 radical (unpaired) electrons. The Labute approximate surface area is 117 Å². The van der Waals surface area contributed by atoms with Crippen LogP contribution in [0.15, 0.2) is 17.5 Å². The Morgan fingerprint density at radius 3 is 2.61 bits per heavy atom. The van der Waals surface area contributed by atoms with Crippen molar-refractivity contribution in [1.82, 2.24) is 10.6 Å². The monoisotopic (exact) mass is 282 g/mol. The van der Waals surface area contributed by atoms with Gasteiger partial charge in [-0.3, -0.25) is 10.1 Å². The highest BCUT2D eigenvalue weighted by Gasteiger charge is 2.14. The van der Waals surface area contributed by atoms with E-state index in [1.807, 2.05) is 11.4 Å². The maximum absolute atomic E-state index is 11.8. The van der Waals surface area contributed by atoms with Crippen molar-refractivity contribution in [3.8, 4) is 0 Å². The highest BCUT2D eigenvalue weighted by molar-refractivity contribution is 7.80. The fourth-order valence-electron chi connectivity index (χ4n) is 2.22. The average molecular weight is 282 g/mol. The summed E-state index contributed by atoms with van der Waals surface area (Å²) in [5, 5.41) is 8.34. The zero-order valence-electron chi connectivity index (χ0n) is 10.3. The Morgan fingerprint density at radius 1 is 1.28 bits per heavy atom. The van der Waals surface area contributed by atoms with Crippen molar-refractivity contribution in [2.75, 3.05) is 0 Å². The lowest BCUT2D eigenvalue weighted by molar-refractivity contribution is 0.0980. The number of carbonyl (C=O) groups is 1. The van der Waals surface area contributed by atoms with Gasteiger partial charge < -0.3 is 5.32 Å². The van der Waals surface area contributed by atoms with Gasteiger partial charge in [-0.2, -0.15) is 0 Å². The summed E-state index contributed by atoms with van der Waals surface area (Å²) in [4.78, 5) is 12.5. The van der Waals surface area contributed by atoms with Gasteiger partial charge in [0.1, 0.15) is 0 Å². The van der Waals surface area contributed by atoms with Gasteiger partial charge in [-0.1, -0.05) is 31.7 Å². The molecule has 0 unspecified atom stereocenters. The van der Waals surface area contributed by atoms with Crippen LogP contribution in [0, 0.1) is 0 Å². The van der Waals surface area contributed by atoms with E-state index in [4.69, 9.17) is 12.2 Å². The van der Waals surface area contributed by atoms with E-state index < -0.39 is 0 Å². The molecule has 1 fully saturated rings. The van der Waals surface area contributed by atoms with Gasteiger partial charge >= 0.3 is 0 Å². The van der Waals surface area contributed by atoms with Crippen molar-refractivity contribution < 1.29 is 4.79 Å². The van der Waals surface area contributed by atoms with Crippen LogP contribution in [0.5, 0.6) is 0 Å². The smallest absolute Gasteiger partial charge is 0.267 e. The SMILES string of the molecule is O=C(NC(=S)NC1CCCCCC1)c1cccs1. The van der Waals surface area contributed by atoms with E-state index in [1.165, 1.54) is 37.0 Å². The Hall–Kier alpha value is -0.940. The van der Waals surface area contributed by atoms with Gasteiger partial charge in [0.05, 0.1) is 4.88 Å². The zero-order valence-corrected chi connectivity index (χ0v) is 11.9. The summed E-state index contributed by atoms with van der Waals surface area (Å²) in [5.41, 5.74) is 0. The molecule has 1 heterocycles. The van der Waals surface area contributed by atoms with Crippen LogP contribution in [-0.4, -0.2) is 17.1 Å². The first kappa shape index (κ1) is 13.5. The maximum atomic E-state index is 11.8. The van der Waals surface area contributed by atoms with Gasteiger partial charge in [0.25, 0.3) is 5.91 Å². The van der Waals surface area contributed by atoms with Crippen molar-refractivity contribution >= 4 is 34.6 Å². The third-order valence-corrected chi connectivity index (χ3v) is 4.25. The van der Waals surface area contributed by atoms with E-state index in [2.05, 4.69) is 10.6 Å². The summed E-state index contributed by atoms with van der Waals surface area (Å²) < 4.78 is 0. The quantitative estimate of drug-likeness (QED) is 0.647. The van der Waals surface area contributed by atoms with Crippen molar-refractivity contribution in [1.29, 1.82) is 0 Å². The second kappa shape index (κ2) is 6.85. The molecule has 1 aliphatic carbocycles. The normalized spacial score (nSPS) is 16.9. The highest BCUT2D eigenvalue weighted by atomic mass is 32.1. The molecule has 2 N–H and O–H groups in total. The van der Waals surface area contributed by atoms with Gasteiger partial charge in [0.15, 0.2) is 5.11 Å². The van der Waals surface area contributed by atoms with Gasteiger partial charge in [0.2, 0.25) is 0 Å². The van der Waals surface area contributed by atoms with E-state index in [-0.39, 0.29) is 5.91 Å². The number of carbonyl (C=O) groups excluding carboxylic acids is 1. The van der Waals surface area contributed by atoms with E-state index in [0.717, 1.165) is 12.8 Å². The van der Waals surface area contributed by atoms with Crippen LogP contribution in [0.4, 0.5) is 0 Å². The summed E-state index contributed by atoms with van der Waals surface area (Å²) >= 11 is 6.61. The van der Waals surface area contributed by atoms with E-state index in [0.29, 0.717) is 16.0 Å². The Bertz CT molecular complexity index is 395. The molecule has 5 heteroatoms. The van der Waals surface area contributed by atoms with Crippen LogP contribution in [-0.2, 0) is 0 Å². The maximum Gasteiger partial charge on any atom is 0.267 e. The van der Waals surface area contributed by atoms with E-state index in [9.17, 15) is 4.79 Å². The minimum Gasteiger partial charge on any atom is -0.360 e. The van der Waals surface area contributed by atoms with Gasteiger partial charge in [-0.25, -0.2) is 0 Å². The molecule has 0 aromatic carbocycles. The predicted molar refractivity (Wildman–Crippen MR) is 79.0 cm³/mol. The molecule has 0 bridgehead atoms. The third kappa shape index (κ3) is 4.07. The van der Waals surface area contributed by atoms with Gasteiger partial charge in [-0.15, -0.1) is 11.3 Å². The molecule has 0 atom stereocenters. The van der Waals surface area contributed by atoms with Crippen LogP contribution in [0.25, 0.3) is 0 Å². The topological polar surface area (TPSA) is 41.1 Å². The number of thiophene rings is 1. The van der Waals surface area contributed by atoms with Crippen LogP contribution in [0.2, 0.25) is 0 Å². The van der Waals surface area contributed by atoms with Crippen LogP contribution in [0.1, 0.15) is 48.2 Å². The molecule has 18 heavy (non-hydrogen) atoms. The summed E-state index contributed by atoms with van der Waals surface area (Å²) in [5.74, 6) is -0.115. The van der Waals surface area contributed by atoms with Gasteiger partial charge in [-0.05, 0) is 36.5 Å². The van der Waals surface area contributed by atoms with Crippen molar-refractivity contribution in [2.45, 2.75) is 44.6 Å². The fourth-order valence-corrected chi connectivity index (χ4v) is 3.10. The van der Waals surface area contributed by atoms with Crippen LogP contribution in [0.3, 0.4) is 0 Å². The van der Waals surface area contributed by atoms with Crippen LogP contribution >= 0.6 is 23.6 Å². The van der Waals surface area contributed by atoms with E-state index >= 15 is 0 Å². The van der Waals surface area contributed by atoms with Crippen molar-refractivity contribution in [3.63, 3.8) is 0 Å². The Morgan fingerprint density at radius 2 is 2.00 bits per heavy atom. The molecule has 0 spiro atoms. The molecule has 1 aliphatic rings. The van der Waals surface area contributed by atoms with Crippen LogP contribution < -0.4 is 10.6 Å². The molecule has 0 aliphatic heterocycles. The minimum atomic E-state index is -0.115. The second-order valence-corrected chi connectivity index (χ2v) is 5.95. The first-order valence-electron chi connectivity index (χ1n) is 6.41. The molecule has 1 aromatic rings. The molecule has 1 amide bonds. The molecule has 2 rings (SSSR count). The summed E-state index contributed by atoms with van der Waals surface area (Å²) in [7, 11) is 0. The number of amides is 1. The van der Waals surface area contributed by atoms with Gasteiger partial charge in [0, 0.05) is 6.04 Å². The summed E-state index contributed by atoms with van der Waals surface area (Å²) in [6.07, 6.45) is 7.42. The largest absolute Gasteiger partial charge is 0.360 e. The average Bonchev–Trinajstić information content (AvgIpc) is 2.76. The Kier molecular flexibility index (Phi) is 5.13. The van der Waals surface area contributed by atoms with E-state index in [1.54, 1.807) is 6.07 Å². The molecule has 1 saturated carbocycles. The molecule has 0 saturated heterocycles. The number of hydrogen-bond donors (Lipinski definition) is 2. The number of nitrogens with one attached hydrogen (secondary N) is 2. The van der Waals surface area contributed by atoms with Crippen molar-refractivity contribution in [2.24, 2.45) is 0 Å². The Balaban J connectivity index is 1.79. The summed E-state index contributed by atoms with van der Waals surface area (Å²) in [6, 6.07) is 4.08. The molecule has 1 aromatic heterocycles. The lowest BCUT2D eigenvalue weighted by Gasteiger charge is -2.18. The standard InChI is InChI=1S/C13H18N2OS2/c16-12(11-8-5-9-18-11)15-13(17)14-10-6-3-1-2-4-7-10/h5,8-10H,1-4,6-7H2,(H2,14,15,16,17). The molecule has 98 valence electrons. The lowest BCUT2D eigenvalue weighted by atomic mass is 10.1. The third-order valence-electron chi connectivity index (χ3n) is 3.16. The predicted octanol–water partition coefficient (Wildman–Crippen LogP) is 3.08. The first-order chi connectivity index (χ1) is 8.75. The molecular formula is C13H18N2OS2. The van der Waals surface area contributed by atoms with Crippen molar-refractivity contribution in [3.05, 3.63) is 22.4 Å². The number of thiocarbonyl (C=S) groups is 1. The molecule has 3 nitrogen and oxygen atoms in total. The zero-order chi connectivity index (χ0) is 12.8. The lowest BCUT2D eigenvalue weighted by Crippen LogP contribution is -2.44. The fraction of sp³-hybridized carbons (Fsp3) is 0.538. The molecular weight excluding hydrogens is 264 g/mol.